The van der Waals surface area contributed by atoms with Crippen molar-refractivity contribution in [1.82, 2.24) is 0 Å². The fraction of sp³-hybridized carbons (Fsp3) is 0.222. The van der Waals surface area contributed by atoms with Crippen molar-refractivity contribution < 1.29 is 23.8 Å². The molecule has 124 valence electrons. The zero-order chi connectivity index (χ0) is 17.3. The normalized spacial score (nSPS) is 17.5. The number of Topliss-reactive ketones (excluding diaryl/α,β-unsaturated/α-hetero) is 1. The van der Waals surface area contributed by atoms with Crippen LogP contribution in [-0.2, 0) is 9.59 Å². The summed E-state index contributed by atoms with van der Waals surface area (Å²) in [5, 5.41) is 10.3. The Morgan fingerprint density at radius 1 is 1.33 bits per heavy atom. The number of aliphatic hydroxyl groups excluding tert-OH is 1. The molecule has 6 nitrogen and oxygen atoms in total. The first-order valence-corrected chi connectivity index (χ1v) is 7.55. The molecule has 1 aromatic heterocycles. The number of carbonyl (C=O) groups is 2. The lowest BCUT2D eigenvalue weighted by molar-refractivity contribution is -0.118. The summed E-state index contributed by atoms with van der Waals surface area (Å²) >= 11 is 0. The molecule has 24 heavy (non-hydrogen) atoms. The first-order valence-electron chi connectivity index (χ1n) is 7.55. The maximum Gasteiger partial charge on any atom is 0.294 e. The highest BCUT2D eigenvalue weighted by atomic mass is 16.5. The third-order valence-electron chi connectivity index (χ3n) is 3.97. The Balaban J connectivity index is 2.15. The van der Waals surface area contributed by atoms with Crippen molar-refractivity contribution in [2.75, 3.05) is 12.0 Å². The highest BCUT2D eigenvalue weighted by Crippen LogP contribution is 2.42. The number of hydrogen-bond donors (Lipinski definition) is 1. The molecule has 0 saturated heterocycles. The summed E-state index contributed by atoms with van der Waals surface area (Å²) in [5.74, 6) is -0.500. The molecule has 2 aromatic rings. The molecule has 6 heteroatoms. The van der Waals surface area contributed by atoms with Gasteiger partial charge in [-0.1, -0.05) is 13.0 Å². The Bertz CT molecular complexity index is 807. The van der Waals surface area contributed by atoms with Crippen LogP contribution in [0.15, 0.2) is 58.4 Å². The van der Waals surface area contributed by atoms with Crippen LogP contribution < -0.4 is 9.64 Å². The van der Waals surface area contributed by atoms with E-state index in [1.807, 2.05) is 0 Å². The first-order chi connectivity index (χ1) is 11.6. The molecule has 0 fully saturated rings. The zero-order valence-corrected chi connectivity index (χ0v) is 13.4. The standard InChI is InChI=1S/C18H17NO5/c1-3-13(20)15-16(14-8-5-9-24-14)19(18(22)17(15)21)11-6-4-7-12(10-11)23-2/h4-10,16,21H,3H2,1-2H3. The molecular weight excluding hydrogens is 310 g/mol. The van der Waals surface area contributed by atoms with Crippen LogP contribution in [-0.4, -0.2) is 23.9 Å². The Kier molecular flexibility index (Phi) is 4.12. The largest absolute Gasteiger partial charge is 0.503 e. The second-order valence-corrected chi connectivity index (χ2v) is 5.33. The number of benzene rings is 1. The molecule has 1 unspecified atom stereocenters. The number of methoxy groups -OCH3 is 1. The van der Waals surface area contributed by atoms with Crippen LogP contribution in [0.25, 0.3) is 0 Å². The van der Waals surface area contributed by atoms with E-state index in [9.17, 15) is 14.7 Å². The van der Waals surface area contributed by atoms with Crippen LogP contribution in [0.5, 0.6) is 5.75 Å². The third-order valence-corrected chi connectivity index (χ3v) is 3.97. The van der Waals surface area contributed by atoms with Crippen LogP contribution >= 0.6 is 0 Å². The van der Waals surface area contributed by atoms with E-state index >= 15 is 0 Å². The van der Waals surface area contributed by atoms with Gasteiger partial charge in [-0.25, -0.2) is 0 Å². The summed E-state index contributed by atoms with van der Waals surface area (Å²) in [6, 6.07) is 9.41. The molecule has 0 spiro atoms. The average Bonchev–Trinajstić information content (AvgIpc) is 3.22. The lowest BCUT2D eigenvalue weighted by Gasteiger charge is -2.25. The van der Waals surface area contributed by atoms with E-state index in [4.69, 9.17) is 9.15 Å². The van der Waals surface area contributed by atoms with E-state index < -0.39 is 17.7 Å². The molecule has 0 saturated carbocycles. The number of nitrogens with zero attached hydrogens (tertiary/aromatic N) is 1. The van der Waals surface area contributed by atoms with E-state index in [0.717, 1.165) is 0 Å². The molecule has 1 atom stereocenters. The molecule has 3 rings (SSSR count). The fourth-order valence-electron chi connectivity index (χ4n) is 2.82. The first kappa shape index (κ1) is 15.9. The van der Waals surface area contributed by atoms with Crippen molar-refractivity contribution in [2.24, 2.45) is 0 Å². The topological polar surface area (TPSA) is 80.0 Å². The summed E-state index contributed by atoms with van der Waals surface area (Å²) in [5.41, 5.74) is 0.562. The molecule has 0 radical (unpaired) electrons. The molecule has 2 heterocycles. The number of hydrogen-bond acceptors (Lipinski definition) is 5. The quantitative estimate of drug-likeness (QED) is 0.912. The summed E-state index contributed by atoms with van der Waals surface area (Å²) in [6.45, 7) is 1.68. The van der Waals surface area contributed by atoms with Gasteiger partial charge in [0.15, 0.2) is 11.5 Å². The van der Waals surface area contributed by atoms with Gasteiger partial charge in [0.2, 0.25) is 0 Å². The van der Waals surface area contributed by atoms with Gasteiger partial charge < -0.3 is 14.3 Å². The molecule has 1 aliphatic heterocycles. The van der Waals surface area contributed by atoms with Gasteiger partial charge in [0.05, 0.1) is 18.9 Å². The minimum absolute atomic E-state index is 0.0558. The van der Waals surface area contributed by atoms with Gasteiger partial charge in [0.1, 0.15) is 17.6 Å². The van der Waals surface area contributed by atoms with Gasteiger partial charge in [0.25, 0.3) is 5.91 Å². The predicted octanol–water partition coefficient (Wildman–Crippen LogP) is 3.17. The molecule has 1 aliphatic rings. The summed E-state index contributed by atoms with van der Waals surface area (Å²) in [4.78, 5) is 26.3. The summed E-state index contributed by atoms with van der Waals surface area (Å²) in [7, 11) is 1.52. The smallest absolute Gasteiger partial charge is 0.294 e. The van der Waals surface area contributed by atoms with Gasteiger partial charge in [-0.2, -0.15) is 0 Å². The van der Waals surface area contributed by atoms with Crippen molar-refractivity contribution in [3.8, 4) is 5.75 Å². The van der Waals surface area contributed by atoms with Crippen molar-refractivity contribution in [3.05, 3.63) is 59.8 Å². The minimum atomic E-state index is -0.799. The van der Waals surface area contributed by atoms with E-state index in [1.54, 1.807) is 43.3 Å². The SMILES string of the molecule is CCC(=O)C1=C(O)C(=O)N(c2cccc(OC)c2)C1c1ccco1. The van der Waals surface area contributed by atoms with Gasteiger partial charge in [-0.15, -0.1) is 0 Å². The molecule has 1 aromatic carbocycles. The van der Waals surface area contributed by atoms with Crippen LogP contribution in [0, 0.1) is 0 Å². The van der Waals surface area contributed by atoms with Crippen molar-refractivity contribution in [3.63, 3.8) is 0 Å². The fourth-order valence-corrected chi connectivity index (χ4v) is 2.82. The van der Waals surface area contributed by atoms with E-state index in [1.165, 1.54) is 18.3 Å². The second kappa shape index (κ2) is 6.23. The maximum absolute atomic E-state index is 12.6. The van der Waals surface area contributed by atoms with Crippen molar-refractivity contribution in [1.29, 1.82) is 0 Å². The highest BCUT2D eigenvalue weighted by Gasteiger charge is 2.45. The van der Waals surface area contributed by atoms with Crippen molar-refractivity contribution in [2.45, 2.75) is 19.4 Å². The number of aliphatic hydroxyl groups is 1. The summed E-state index contributed by atoms with van der Waals surface area (Å²) in [6.07, 6.45) is 1.64. The molecule has 0 bridgehead atoms. The number of ether oxygens (including phenoxy) is 1. The minimum Gasteiger partial charge on any atom is -0.503 e. The Hall–Kier alpha value is -3.02. The van der Waals surface area contributed by atoms with Gasteiger partial charge in [0, 0.05) is 18.2 Å². The Morgan fingerprint density at radius 3 is 2.75 bits per heavy atom. The number of carbonyl (C=O) groups excluding carboxylic acids is 2. The lowest BCUT2D eigenvalue weighted by atomic mass is 9.99. The monoisotopic (exact) mass is 327 g/mol. The Morgan fingerprint density at radius 2 is 2.12 bits per heavy atom. The average molecular weight is 327 g/mol. The number of amides is 1. The van der Waals surface area contributed by atoms with Crippen LogP contribution in [0.1, 0.15) is 25.1 Å². The third kappa shape index (κ3) is 2.46. The number of rotatable bonds is 5. The Labute approximate surface area is 138 Å². The second-order valence-electron chi connectivity index (χ2n) is 5.33. The number of furan rings is 1. The molecular formula is C18H17NO5. The van der Waals surface area contributed by atoms with Gasteiger partial charge >= 0.3 is 0 Å². The van der Waals surface area contributed by atoms with Gasteiger partial charge in [-0.3, -0.25) is 14.5 Å². The number of ketones is 1. The summed E-state index contributed by atoms with van der Waals surface area (Å²) < 4.78 is 10.6. The van der Waals surface area contributed by atoms with E-state index in [0.29, 0.717) is 17.2 Å². The molecule has 1 amide bonds. The predicted molar refractivity (Wildman–Crippen MR) is 86.9 cm³/mol. The van der Waals surface area contributed by atoms with Crippen molar-refractivity contribution >= 4 is 17.4 Å². The van der Waals surface area contributed by atoms with Crippen LogP contribution in [0.2, 0.25) is 0 Å². The molecule has 1 N–H and O–H groups in total. The number of anilines is 1. The van der Waals surface area contributed by atoms with E-state index in [-0.39, 0.29) is 17.8 Å². The lowest BCUT2D eigenvalue weighted by Crippen LogP contribution is -2.30. The molecule has 0 aliphatic carbocycles. The maximum atomic E-state index is 12.6. The van der Waals surface area contributed by atoms with E-state index in [2.05, 4.69) is 0 Å². The highest BCUT2D eigenvalue weighted by molar-refractivity contribution is 6.16. The zero-order valence-electron chi connectivity index (χ0n) is 13.4. The van der Waals surface area contributed by atoms with Crippen LogP contribution in [0.4, 0.5) is 5.69 Å². The van der Waals surface area contributed by atoms with Crippen LogP contribution in [0.3, 0.4) is 0 Å². The van der Waals surface area contributed by atoms with Gasteiger partial charge in [-0.05, 0) is 24.3 Å².